The van der Waals surface area contributed by atoms with Crippen molar-refractivity contribution >= 4 is 11.6 Å². The van der Waals surface area contributed by atoms with E-state index in [-0.39, 0.29) is 12.5 Å². The van der Waals surface area contributed by atoms with Gasteiger partial charge in [-0.25, -0.2) is 0 Å². The summed E-state index contributed by atoms with van der Waals surface area (Å²) in [6.07, 6.45) is 0.901. The van der Waals surface area contributed by atoms with Crippen molar-refractivity contribution in [3.8, 4) is 0 Å². The highest BCUT2D eigenvalue weighted by Crippen LogP contribution is 2.28. The van der Waals surface area contributed by atoms with Gasteiger partial charge in [-0.15, -0.1) is 0 Å². The SMILES string of the molecule is COCc1ccc2c(c1)CCN2C(=O)CN. The number of fused-ring (bicyclic) bond motifs is 1. The van der Waals surface area contributed by atoms with E-state index in [1.54, 1.807) is 12.0 Å². The molecule has 0 unspecified atom stereocenters. The molecule has 1 aliphatic heterocycles. The summed E-state index contributed by atoms with van der Waals surface area (Å²) < 4.78 is 5.08. The van der Waals surface area contributed by atoms with Gasteiger partial charge in [0.2, 0.25) is 5.91 Å². The molecule has 1 heterocycles. The van der Waals surface area contributed by atoms with Crippen LogP contribution in [0.15, 0.2) is 18.2 Å². The van der Waals surface area contributed by atoms with Gasteiger partial charge in [0.1, 0.15) is 0 Å². The number of ether oxygens (including phenoxy) is 1. The van der Waals surface area contributed by atoms with Crippen LogP contribution in [0.4, 0.5) is 5.69 Å². The summed E-state index contributed by atoms with van der Waals surface area (Å²) in [5.41, 5.74) is 8.72. The van der Waals surface area contributed by atoms with Crippen LogP contribution in [0.3, 0.4) is 0 Å². The molecule has 0 spiro atoms. The second-order valence-electron chi connectivity index (χ2n) is 3.90. The Bertz CT molecular complexity index is 404. The number of nitrogens with two attached hydrogens (primary N) is 1. The maximum atomic E-state index is 11.6. The minimum absolute atomic E-state index is 0.0155. The molecule has 0 bridgehead atoms. The summed E-state index contributed by atoms with van der Waals surface area (Å²) in [6.45, 7) is 1.42. The fraction of sp³-hybridized carbons (Fsp3) is 0.417. The van der Waals surface area contributed by atoms with Crippen molar-refractivity contribution in [2.24, 2.45) is 5.73 Å². The van der Waals surface area contributed by atoms with E-state index in [0.717, 1.165) is 24.2 Å². The Morgan fingerprint density at radius 3 is 3.06 bits per heavy atom. The van der Waals surface area contributed by atoms with E-state index in [4.69, 9.17) is 10.5 Å². The molecular formula is C12H16N2O2. The van der Waals surface area contributed by atoms with Gasteiger partial charge >= 0.3 is 0 Å². The monoisotopic (exact) mass is 220 g/mol. The van der Waals surface area contributed by atoms with E-state index in [1.807, 2.05) is 12.1 Å². The quantitative estimate of drug-likeness (QED) is 0.815. The number of hydrogen-bond donors (Lipinski definition) is 1. The third-order valence-electron chi connectivity index (χ3n) is 2.83. The highest BCUT2D eigenvalue weighted by molar-refractivity contribution is 5.96. The minimum atomic E-state index is -0.0155. The molecule has 2 N–H and O–H groups in total. The average molecular weight is 220 g/mol. The van der Waals surface area contributed by atoms with Gasteiger partial charge in [-0.1, -0.05) is 12.1 Å². The van der Waals surface area contributed by atoms with E-state index in [9.17, 15) is 4.79 Å². The Hall–Kier alpha value is -1.39. The molecular weight excluding hydrogens is 204 g/mol. The third-order valence-corrected chi connectivity index (χ3v) is 2.83. The van der Waals surface area contributed by atoms with Crippen LogP contribution < -0.4 is 10.6 Å². The van der Waals surface area contributed by atoms with E-state index in [1.165, 1.54) is 5.56 Å². The van der Waals surface area contributed by atoms with Crippen molar-refractivity contribution in [1.82, 2.24) is 0 Å². The largest absolute Gasteiger partial charge is 0.380 e. The third kappa shape index (κ3) is 1.94. The van der Waals surface area contributed by atoms with Crippen molar-refractivity contribution in [3.05, 3.63) is 29.3 Å². The first-order valence-electron chi connectivity index (χ1n) is 5.37. The highest BCUT2D eigenvalue weighted by Gasteiger charge is 2.23. The number of carbonyl (C=O) groups excluding carboxylic acids is 1. The maximum absolute atomic E-state index is 11.6. The summed E-state index contributed by atoms with van der Waals surface area (Å²) in [5.74, 6) is -0.0155. The first-order chi connectivity index (χ1) is 7.76. The van der Waals surface area contributed by atoms with Crippen molar-refractivity contribution in [3.63, 3.8) is 0 Å². The lowest BCUT2D eigenvalue weighted by Crippen LogP contribution is -2.34. The number of benzene rings is 1. The normalized spacial score (nSPS) is 14.0. The van der Waals surface area contributed by atoms with Gasteiger partial charge in [0, 0.05) is 19.3 Å². The molecule has 0 fully saturated rings. The number of carbonyl (C=O) groups is 1. The fourth-order valence-electron chi connectivity index (χ4n) is 2.08. The number of methoxy groups -OCH3 is 1. The molecule has 1 aromatic carbocycles. The molecule has 0 aliphatic carbocycles. The summed E-state index contributed by atoms with van der Waals surface area (Å²) in [5, 5.41) is 0. The smallest absolute Gasteiger partial charge is 0.240 e. The van der Waals surface area contributed by atoms with Crippen LogP contribution in [-0.4, -0.2) is 26.1 Å². The predicted molar refractivity (Wildman–Crippen MR) is 62.3 cm³/mol. The topological polar surface area (TPSA) is 55.6 Å². The molecule has 4 heteroatoms. The van der Waals surface area contributed by atoms with Crippen LogP contribution in [0.25, 0.3) is 0 Å². The van der Waals surface area contributed by atoms with Gasteiger partial charge in [0.15, 0.2) is 0 Å². The first-order valence-corrected chi connectivity index (χ1v) is 5.37. The summed E-state index contributed by atoms with van der Waals surface area (Å²) in [7, 11) is 1.68. The lowest BCUT2D eigenvalue weighted by Gasteiger charge is -2.16. The van der Waals surface area contributed by atoms with Gasteiger partial charge in [0.05, 0.1) is 13.2 Å². The van der Waals surface area contributed by atoms with Crippen LogP contribution in [-0.2, 0) is 22.6 Å². The van der Waals surface area contributed by atoms with Gasteiger partial charge in [0.25, 0.3) is 0 Å². The molecule has 0 radical (unpaired) electrons. The summed E-state index contributed by atoms with van der Waals surface area (Å²) >= 11 is 0. The Balaban J connectivity index is 2.25. The first kappa shape index (κ1) is 11.1. The number of rotatable bonds is 3. The van der Waals surface area contributed by atoms with E-state index in [2.05, 4.69) is 6.07 Å². The predicted octanol–water partition coefficient (Wildman–Crippen LogP) is 0.681. The number of amides is 1. The Morgan fingerprint density at radius 2 is 2.38 bits per heavy atom. The minimum Gasteiger partial charge on any atom is -0.380 e. The Labute approximate surface area is 95.0 Å². The molecule has 0 saturated carbocycles. The zero-order valence-electron chi connectivity index (χ0n) is 9.40. The number of hydrogen-bond acceptors (Lipinski definition) is 3. The number of anilines is 1. The maximum Gasteiger partial charge on any atom is 0.240 e. The van der Waals surface area contributed by atoms with E-state index < -0.39 is 0 Å². The van der Waals surface area contributed by atoms with Crippen LogP contribution in [0.5, 0.6) is 0 Å². The second-order valence-corrected chi connectivity index (χ2v) is 3.90. The zero-order chi connectivity index (χ0) is 11.5. The van der Waals surface area contributed by atoms with Crippen LogP contribution in [0.2, 0.25) is 0 Å². The standard InChI is InChI=1S/C12H16N2O2/c1-16-8-9-2-3-11-10(6-9)4-5-14(11)12(15)7-13/h2-3,6H,4-5,7-8,13H2,1H3. The Kier molecular flexibility index (Phi) is 3.22. The molecule has 1 aromatic rings. The van der Waals surface area contributed by atoms with Crippen LogP contribution in [0, 0.1) is 0 Å². The van der Waals surface area contributed by atoms with Crippen LogP contribution >= 0.6 is 0 Å². The fourth-order valence-corrected chi connectivity index (χ4v) is 2.08. The Morgan fingerprint density at radius 1 is 1.56 bits per heavy atom. The lowest BCUT2D eigenvalue weighted by atomic mass is 10.1. The molecule has 2 rings (SSSR count). The lowest BCUT2D eigenvalue weighted by molar-refractivity contribution is -0.117. The van der Waals surface area contributed by atoms with Crippen molar-refractivity contribution < 1.29 is 9.53 Å². The second kappa shape index (κ2) is 4.63. The average Bonchev–Trinajstić information content (AvgIpc) is 2.71. The van der Waals surface area contributed by atoms with E-state index >= 15 is 0 Å². The summed E-state index contributed by atoms with van der Waals surface area (Å²) in [6, 6.07) is 6.07. The van der Waals surface area contributed by atoms with Crippen molar-refractivity contribution in [2.75, 3.05) is 25.1 Å². The molecule has 4 nitrogen and oxygen atoms in total. The van der Waals surface area contributed by atoms with Gasteiger partial charge in [-0.2, -0.15) is 0 Å². The molecule has 86 valence electrons. The van der Waals surface area contributed by atoms with Gasteiger partial charge < -0.3 is 15.4 Å². The van der Waals surface area contributed by atoms with Gasteiger partial charge in [-0.05, 0) is 23.6 Å². The molecule has 1 aliphatic rings. The zero-order valence-corrected chi connectivity index (χ0v) is 9.40. The molecule has 0 saturated heterocycles. The molecule has 0 aromatic heterocycles. The van der Waals surface area contributed by atoms with E-state index in [0.29, 0.717) is 6.61 Å². The molecule has 16 heavy (non-hydrogen) atoms. The molecule has 1 amide bonds. The highest BCUT2D eigenvalue weighted by atomic mass is 16.5. The van der Waals surface area contributed by atoms with Gasteiger partial charge in [-0.3, -0.25) is 4.79 Å². The van der Waals surface area contributed by atoms with Crippen LogP contribution in [0.1, 0.15) is 11.1 Å². The van der Waals surface area contributed by atoms with Crippen molar-refractivity contribution in [2.45, 2.75) is 13.0 Å². The number of nitrogens with zero attached hydrogens (tertiary/aromatic N) is 1. The molecule has 0 atom stereocenters. The summed E-state index contributed by atoms with van der Waals surface area (Å²) in [4.78, 5) is 13.3. The van der Waals surface area contributed by atoms with Crippen molar-refractivity contribution in [1.29, 1.82) is 0 Å².